The standard InChI is InChI=1S/C30H37N3O2/c1-21(28(34)31-27-10-6-5-9-26(27)25-7-3-2-4-8-25)32-11-13-33(14-12-32)29(35)30-18-22-15-23(19-30)17-24(16-22)20-30/h2-10,21-24H,11-20H2,1H3,(H,31,34). The van der Waals surface area contributed by atoms with E-state index in [2.05, 4.69) is 27.2 Å². The molecule has 0 spiro atoms. The molecule has 1 heterocycles. The molecule has 1 atom stereocenters. The SMILES string of the molecule is CC(C(=O)Nc1ccccc1-c1ccccc1)N1CCN(C(=O)C23CC4CC(CC(C4)C2)C3)CC1. The largest absolute Gasteiger partial charge is 0.340 e. The van der Waals surface area contributed by atoms with Gasteiger partial charge in [0.15, 0.2) is 0 Å². The molecule has 2 amide bonds. The highest BCUT2D eigenvalue weighted by Crippen LogP contribution is 2.60. The summed E-state index contributed by atoms with van der Waals surface area (Å²) in [6.07, 6.45) is 7.45. The molecular formula is C30H37N3O2. The van der Waals surface area contributed by atoms with Crippen molar-refractivity contribution in [1.82, 2.24) is 9.80 Å². The predicted molar refractivity (Wildman–Crippen MR) is 139 cm³/mol. The Balaban J connectivity index is 1.07. The number of hydrogen-bond donors (Lipinski definition) is 1. The van der Waals surface area contributed by atoms with Crippen molar-refractivity contribution in [3.8, 4) is 11.1 Å². The quantitative estimate of drug-likeness (QED) is 0.665. The van der Waals surface area contributed by atoms with E-state index >= 15 is 0 Å². The number of carbonyl (C=O) groups is 2. The minimum atomic E-state index is -0.240. The van der Waals surface area contributed by atoms with Gasteiger partial charge in [0.25, 0.3) is 0 Å². The first kappa shape index (κ1) is 22.8. The van der Waals surface area contributed by atoms with Gasteiger partial charge in [-0.3, -0.25) is 14.5 Å². The van der Waals surface area contributed by atoms with Crippen LogP contribution in [0.15, 0.2) is 54.6 Å². The number of para-hydroxylation sites is 1. The van der Waals surface area contributed by atoms with E-state index in [0.29, 0.717) is 5.91 Å². The lowest BCUT2D eigenvalue weighted by molar-refractivity contribution is -0.159. The van der Waals surface area contributed by atoms with E-state index in [0.717, 1.165) is 80.0 Å². The lowest BCUT2D eigenvalue weighted by Crippen LogP contribution is -2.59. The van der Waals surface area contributed by atoms with Gasteiger partial charge < -0.3 is 10.2 Å². The lowest BCUT2D eigenvalue weighted by atomic mass is 9.49. The van der Waals surface area contributed by atoms with E-state index in [-0.39, 0.29) is 17.4 Å². The van der Waals surface area contributed by atoms with E-state index < -0.39 is 0 Å². The highest BCUT2D eigenvalue weighted by molar-refractivity contribution is 5.98. The normalized spacial score (nSPS) is 30.8. The summed E-state index contributed by atoms with van der Waals surface area (Å²) in [6.45, 7) is 4.97. The molecule has 1 saturated heterocycles. The van der Waals surface area contributed by atoms with Crippen molar-refractivity contribution in [2.24, 2.45) is 23.2 Å². The summed E-state index contributed by atoms with van der Waals surface area (Å²) < 4.78 is 0. The number of hydrogen-bond acceptors (Lipinski definition) is 3. The zero-order valence-corrected chi connectivity index (χ0v) is 20.8. The van der Waals surface area contributed by atoms with E-state index in [1.807, 2.05) is 49.4 Å². The van der Waals surface area contributed by atoms with Crippen molar-refractivity contribution >= 4 is 17.5 Å². The molecule has 184 valence electrons. The first-order valence-corrected chi connectivity index (χ1v) is 13.5. The Morgan fingerprint density at radius 3 is 2.03 bits per heavy atom. The molecule has 0 radical (unpaired) electrons. The first-order chi connectivity index (χ1) is 17.0. The molecule has 1 aliphatic heterocycles. The number of carbonyl (C=O) groups excluding carboxylic acids is 2. The van der Waals surface area contributed by atoms with Gasteiger partial charge in [-0.25, -0.2) is 0 Å². The molecule has 4 aliphatic carbocycles. The Kier molecular flexibility index (Phi) is 5.92. The highest BCUT2D eigenvalue weighted by Gasteiger charge is 2.55. The average Bonchev–Trinajstić information content (AvgIpc) is 2.88. The maximum atomic E-state index is 13.7. The molecule has 5 nitrogen and oxygen atoms in total. The summed E-state index contributed by atoms with van der Waals surface area (Å²) >= 11 is 0. The number of anilines is 1. The Hall–Kier alpha value is -2.66. The summed E-state index contributed by atoms with van der Waals surface area (Å²) in [6, 6.07) is 17.9. The van der Waals surface area contributed by atoms with Crippen LogP contribution >= 0.6 is 0 Å². The summed E-state index contributed by atoms with van der Waals surface area (Å²) in [7, 11) is 0. The molecule has 1 unspecified atom stereocenters. The monoisotopic (exact) mass is 471 g/mol. The van der Waals surface area contributed by atoms with Crippen LogP contribution in [0.25, 0.3) is 11.1 Å². The predicted octanol–water partition coefficient (Wildman–Crippen LogP) is 5.04. The van der Waals surface area contributed by atoms with Crippen LogP contribution < -0.4 is 5.32 Å². The van der Waals surface area contributed by atoms with Crippen LogP contribution in [0.4, 0.5) is 5.69 Å². The van der Waals surface area contributed by atoms with Crippen LogP contribution in [0, 0.1) is 23.2 Å². The number of piperazine rings is 1. The number of nitrogens with one attached hydrogen (secondary N) is 1. The first-order valence-electron chi connectivity index (χ1n) is 13.5. The van der Waals surface area contributed by atoms with Gasteiger partial charge in [0.05, 0.1) is 11.5 Å². The second-order valence-corrected chi connectivity index (χ2v) is 11.6. The molecule has 1 N–H and O–H groups in total. The zero-order valence-electron chi connectivity index (χ0n) is 20.8. The molecular weight excluding hydrogens is 434 g/mol. The molecule has 2 aromatic carbocycles. The number of amides is 2. The van der Waals surface area contributed by atoms with Crippen LogP contribution in [0.5, 0.6) is 0 Å². The van der Waals surface area contributed by atoms with Crippen LogP contribution in [0.2, 0.25) is 0 Å². The third-order valence-electron chi connectivity index (χ3n) is 9.29. The van der Waals surface area contributed by atoms with Gasteiger partial charge >= 0.3 is 0 Å². The summed E-state index contributed by atoms with van der Waals surface area (Å²) in [5.41, 5.74) is 2.89. The fraction of sp³-hybridized carbons (Fsp3) is 0.533. The van der Waals surface area contributed by atoms with Gasteiger partial charge in [-0.15, -0.1) is 0 Å². The summed E-state index contributed by atoms with van der Waals surface area (Å²) in [5.74, 6) is 2.79. The maximum absolute atomic E-state index is 13.7. The van der Waals surface area contributed by atoms with Gasteiger partial charge in [0.1, 0.15) is 0 Å². The maximum Gasteiger partial charge on any atom is 0.241 e. The second kappa shape index (κ2) is 9.09. The number of nitrogens with zero attached hydrogens (tertiary/aromatic N) is 2. The molecule has 35 heavy (non-hydrogen) atoms. The third-order valence-corrected chi connectivity index (χ3v) is 9.29. The second-order valence-electron chi connectivity index (χ2n) is 11.6. The van der Waals surface area contributed by atoms with Gasteiger partial charge in [0, 0.05) is 37.4 Å². The zero-order chi connectivity index (χ0) is 24.0. The molecule has 2 aromatic rings. The van der Waals surface area contributed by atoms with Crippen molar-refractivity contribution in [2.45, 2.75) is 51.5 Å². The molecule has 4 saturated carbocycles. The Morgan fingerprint density at radius 2 is 1.40 bits per heavy atom. The third kappa shape index (κ3) is 4.29. The van der Waals surface area contributed by atoms with E-state index in [9.17, 15) is 9.59 Å². The Labute approximate surface area is 208 Å². The van der Waals surface area contributed by atoms with Crippen molar-refractivity contribution < 1.29 is 9.59 Å². The van der Waals surface area contributed by atoms with E-state index in [4.69, 9.17) is 0 Å². The number of benzene rings is 2. The van der Waals surface area contributed by atoms with Gasteiger partial charge in [-0.05, 0) is 74.8 Å². The molecule has 4 bridgehead atoms. The number of rotatable bonds is 5. The average molecular weight is 472 g/mol. The molecule has 5 aliphatic rings. The Morgan fingerprint density at radius 1 is 0.829 bits per heavy atom. The highest BCUT2D eigenvalue weighted by atomic mass is 16.2. The van der Waals surface area contributed by atoms with Crippen molar-refractivity contribution in [3.05, 3.63) is 54.6 Å². The van der Waals surface area contributed by atoms with Gasteiger partial charge in [-0.1, -0.05) is 48.5 Å². The fourth-order valence-electron chi connectivity index (χ4n) is 7.88. The van der Waals surface area contributed by atoms with E-state index in [1.54, 1.807) is 0 Å². The smallest absolute Gasteiger partial charge is 0.241 e. The molecule has 5 heteroatoms. The van der Waals surface area contributed by atoms with E-state index in [1.165, 1.54) is 19.3 Å². The summed E-state index contributed by atoms with van der Waals surface area (Å²) in [4.78, 5) is 31.3. The molecule has 5 fully saturated rings. The lowest BCUT2D eigenvalue weighted by Gasteiger charge is -2.57. The van der Waals surface area contributed by atoms with Gasteiger partial charge in [-0.2, -0.15) is 0 Å². The minimum absolute atomic E-state index is 0.00856. The fourth-order valence-corrected chi connectivity index (χ4v) is 7.88. The van der Waals surface area contributed by atoms with Crippen LogP contribution in [0.3, 0.4) is 0 Å². The molecule has 7 rings (SSSR count). The van der Waals surface area contributed by atoms with Gasteiger partial charge in [0.2, 0.25) is 11.8 Å². The van der Waals surface area contributed by atoms with Crippen LogP contribution in [-0.2, 0) is 9.59 Å². The minimum Gasteiger partial charge on any atom is -0.340 e. The topological polar surface area (TPSA) is 52.7 Å². The van der Waals surface area contributed by atoms with Crippen molar-refractivity contribution in [2.75, 3.05) is 31.5 Å². The van der Waals surface area contributed by atoms with Crippen LogP contribution in [0.1, 0.15) is 45.4 Å². The van der Waals surface area contributed by atoms with Crippen LogP contribution in [-0.4, -0.2) is 53.8 Å². The van der Waals surface area contributed by atoms with Crippen molar-refractivity contribution in [1.29, 1.82) is 0 Å². The molecule has 0 aromatic heterocycles. The Bertz CT molecular complexity index is 1050. The van der Waals surface area contributed by atoms with Crippen molar-refractivity contribution in [3.63, 3.8) is 0 Å². The summed E-state index contributed by atoms with van der Waals surface area (Å²) in [5, 5.41) is 3.17.